The summed E-state index contributed by atoms with van der Waals surface area (Å²) < 4.78 is 24.2. The van der Waals surface area contributed by atoms with Crippen LogP contribution in [0.2, 0.25) is 17.3 Å². The zero-order valence-corrected chi connectivity index (χ0v) is 12.6. The van der Waals surface area contributed by atoms with Gasteiger partial charge in [0, 0.05) is 0 Å². The fraction of sp³-hybridized carbons (Fsp3) is 0.267. The van der Waals surface area contributed by atoms with Crippen molar-refractivity contribution in [1.82, 2.24) is 4.98 Å². The van der Waals surface area contributed by atoms with Crippen molar-refractivity contribution in [2.75, 3.05) is 0 Å². The number of aromatic nitrogens is 1. The van der Waals surface area contributed by atoms with E-state index in [0.717, 1.165) is 15.7 Å². The Labute approximate surface area is 110 Å². The third kappa shape index (κ3) is 2.78. The normalized spacial score (nSPS) is 14.9. The second kappa shape index (κ2) is 4.65. The molecule has 0 saturated carbocycles. The molecule has 2 heteroatoms. The van der Waals surface area contributed by atoms with Crippen molar-refractivity contribution in [3.05, 3.63) is 48.2 Å². The van der Waals surface area contributed by atoms with Gasteiger partial charge in [0.05, 0.1) is 0 Å². The molecular formula is C15H19GeN. The Morgan fingerprint density at radius 3 is 2.29 bits per heavy atom. The molecule has 1 nitrogen and oxygen atoms in total. The Morgan fingerprint density at radius 1 is 1.00 bits per heavy atom. The quantitative estimate of drug-likeness (QED) is 0.770. The van der Waals surface area contributed by atoms with Gasteiger partial charge in [-0.25, -0.2) is 0 Å². The summed E-state index contributed by atoms with van der Waals surface area (Å²) in [6.45, 7) is -2.15. The average molecular weight is 289 g/mol. The van der Waals surface area contributed by atoms with Crippen LogP contribution in [0.1, 0.15) is 9.81 Å². The predicted molar refractivity (Wildman–Crippen MR) is 77.4 cm³/mol. The van der Waals surface area contributed by atoms with Gasteiger partial charge in [-0.15, -0.1) is 0 Å². The summed E-state index contributed by atoms with van der Waals surface area (Å²) in [6.07, 6.45) is 0. The summed E-state index contributed by atoms with van der Waals surface area (Å²) in [4.78, 5) is 4.47. The third-order valence-electron chi connectivity index (χ3n) is 2.77. The first-order valence-corrected chi connectivity index (χ1v) is 13.1. The molecule has 0 unspecified atom stereocenters. The fourth-order valence-electron chi connectivity index (χ4n) is 1.83. The zero-order chi connectivity index (χ0) is 15.0. The molecule has 1 aromatic heterocycles. The first-order valence-electron chi connectivity index (χ1n) is 7.27. The summed E-state index contributed by atoms with van der Waals surface area (Å²) in [5.74, 6) is 6.57. The molecule has 2 rings (SSSR count). The molecule has 0 atom stereocenters. The van der Waals surface area contributed by atoms with Gasteiger partial charge in [-0.2, -0.15) is 0 Å². The molecule has 0 aliphatic rings. The van der Waals surface area contributed by atoms with Crippen molar-refractivity contribution < 1.29 is 4.11 Å². The van der Waals surface area contributed by atoms with E-state index in [1.54, 1.807) is 0 Å². The number of nitrogens with zero attached hydrogens (tertiary/aromatic N) is 1. The van der Waals surface area contributed by atoms with Crippen molar-refractivity contribution in [1.29, 1.82) is 0 Å². The van der Waals surface area contributed by atoms with Gasteiger partial charge in [0.1, 0.15) is 0 Å². The second-order valence-electron chi connectivity index (χ2n) is 5.21. The van der Waals surface area contributed by atoms with Crippen LogP contribution in [0.15, 0.2) is 42.5 Å². The van der Waals surface area contributed by atoms with E-state index < -0.39 is 20.1 Å². The number of benzene rings is 1. The second-order valence-corrected chi connectivity index (χ2v) is 15.8. The van der Waals surface area contributed by atoms with E-state index in [9.17, 15) is 0 Å². The van der Waals surface area contributed by atoms with Gasteiger partial charge in [-0.1, -0.05) is 0 Å². The van der Waals surface area contributed by atoms with Crippen LogP contribution in [0.3, 0.4) is 0 Å². The molecule has 0 N–H and O–H groups in total. The summed E-state index contributed by atoms with van der Waals surface area (Å²) in [6, 6.07) is 13.6. The molecule has 0 fully saturated rings. The van der Waals surface area contributed by atoms with Crippen LogP contribution < -0.4 is 4.40 Å². The number of hydrogen-bond donors (Lipinski definition) is 0. The van der Waals surface area contributed by atoms with Crippen molar-refractivity contribution >= 4 is 17.7 Å². The summed E-state index contributed by atoms with van der Waals surface area (Å²) in [7, 11) is 0. The first kappa shape index (κ1) is 8.92. The maximum atomic E-state index is 7.75. The topological polar surface area (TPSA) is 12.9 Å². The summed E-state index contributed by atoms with van der Waals surface area (Å²) in [5, 5.41) is 0. The van der Waals surface area contributed by atoms with Gasteiger partial charge in [0.15, 0.2) is 0 Å². The van der Waals surface area contributed by atoms with Crippen LogP contribution in [-0.4, -0.2) is 18.3 Å². The molecule has 0 aliphatic carbocycles. The van der Waals surface area contributed by atoms with Crippen molar-refractivity contribution in [2.24, 2.45) is 0 Å². The minimum absolute atomic E-state index is 0.284. The molecule has 0 radical (unpaired) electrons. The first-order chi connectivity index (χ1) is 9.19. The number of aryl methyl sites for hydroxylation is 1. The standard InChI is InChI=1S/C15H19GeN/c1-12-14(16(2,3)4)10-11-15(17-12)13-8-6-5-7-9-13/h5-11H,1-4H3/i1D3. The third-order valence-corrected chi connectivity index (χ3v) is 7.01. The maximum absolute atomic E-state index is 7.75. The molecule has 17 heavy (non-hydrogen) atoms. The van der Waals surface area contributed by atoms with E-state index >= 15 is 0 Å². The summed E-state index contributed by atoms with van der Waals surface area (Å²) >= 11 is -2.26. The summed E-state index contributed by atoms with van der Waals surface area (Å²) in [5.41, 5.74) is 1.96. The van der Waals surface area contributed by atoms with Crippen molar-refractivity contribution in [3.63, 3.8) is 0 Å². The molecule has 0 spiro atoms. The molecule has 2 aromatic rings. The van der Waals surface area contributed by atoms with Gasteiger partial charge >= 0.3 is 110 Å². The number of pyridine rings is 1. The van der Waals surface area contributed by atoms with Crippen LogP contribution >= 0.6 is 0 Å². The molecule has 0 amide bonds. The average Bonchev–Trinajstić information content (AvgIpc) is 2.37. The Hall–Kier alpha value is -1.09. The number of hydrogen-bond acceptors (Lipinski definition) is 1. The fourth-order valence-corrected chi connectivity index (χ4v) is 4.67. The molecule has 88 valence electrons. The van der Waals surface area contributed by atoms with E-state index in [1.165, 1.54) is 0 Å². The van der Waals surface area contributed by atoms with Crippen LogP contribution in [-0.2, 0) is 0 Å². The Morgan fingerprint density at radius 2 is 1.71 bits per heavy atom. The Balaban J connectivity index is 2.62. The van der Waals surface area contributed by atoms with Gasteiger partial charge < -0.3 is 0 Å². The van der Waals surface area contributed by atoms with E-state index in [4.69, 9.17) is 4.11 Å². The SMILES string of the molecule is [2H]C([2H])([2H])c1nc(-c2ccccc2)cc[c]1[Ge]([CH3])([CH3])[CH3]. The monoisotopic (exact) mass is 290 g/mol. The van der Waals surface area contributed by atoms with E-state index in [-0.39, 0.29) is 5.69 Å². The van der Waals surface area contributed by atoms with Crippen LogP contribution in [0.4, 0.5) is 0 Å². The van der Waals surface area contributed by atoms with Gasteiger partial charge in [0.2, 0.25) is 0 Å². The molecular weight excluding hydrogens is 267 g/mol. The van der Waals surface area contributed by atoms with E-state index in [2.05, 4.69) is 22.3 Å². The van der Waals surface area contributed by atoms with Crippen molar-refractivity contribution in [3.8, 4) is 11.3 Å². The molecule has 1 aromatic carbocycles. The van der Waals surface area contributed by atoms with Crippen LogP contribution in [0.5, 0.6) is 0 Å². The molecule has 0 bridgehead atoms. The van der Waals surface area contributed by atoms with Crippen LogP contribution in [0, 0.1) is 6.85 Å². The predicted octanol–water partition coefficient (Wildman–Crippen LogP) is 3.60. The zero-order valence-electron chi connectivity index (χ0n) is 13.5. The van der Waals surface area contributed by atoms with E-state index in [1.807, 2.05) is 42.5 Å². The Kier molecular flexibility index (Phi) is 2.44. The Bertz CT molecular complexity index is 601. The molecule has 0 saturated heterocycles. The van der Waals surface area contributed by atoms with Gasteiger partial charge in [-0.05, 0) is 0 Å². The molecule has 0 aliphatic heterocycles. The number of rotatable bonds is 2. The molecule has 1 heterocycles. The van der Waals surface area contributed by atoms with Crippen molar-refractivity contribution in [2.45, 2.75) is 24.1 Å². The van der Waals surface area contributed by atoms with Gasteiger partial charge in [0.25, 0.3) is 0 Å². The van der Waals surface area contributed by atoms with E-state index in [0.29, 0.717) is 0 Å². The minimum atomic E-state index is -2.26. The van der Waals surface area contributed by atoms with Crippen LogP contribution in [0.25, 0.3) is 11.3 Å². The van der Waals surface area contributed by atoms with Gasteiger partial charge in [-0.3, -0.25) is 0 Å².